The second kappa shape index (κ2) is 8.05. The maximum atomic E-state index is 5.89. The van der Waals surface area contributed by atoms with Crippen molar-refractivity contribution in [1.29, 1.82) is 0 Å². The second-order valence-electron chi connectivity index (χ2n) is 3.26. The van der Waals surface area contributed by atoms with E-state index in [4.69, 9.17) is 22.5 Å². The van der Waals surface area contributed by atoms with Crippen LogP contribution in [0.25, 0.3) is 0 Å². The molecule has 0 aromatic carbocycles. The highest BCUT2D eigenvalue weighted by Crippen LogP contribution is 2.51. The Morgan fingerprint density at radius 1 is 1.38 bits per heavy atom. The van der Waals surface area contributed by atoms with Gasteiger partial charge in [-0.3, -0.25) is 4.67 Å². The standard InChI is InChI=1S/C9H18Cl2NP/c1-4-5-6-7-8-12(9(2)3)13(10)11/h4,9H,1,5-8H2,2-3H3. The van der Waals surface area contributed by atoms with Gasteiger partial charge in [-0.2, -0.15) is 0 Å². The number of rotatable bonds is 7. The molecule has 0 amide bonds. The number of hydrogen-bond acceptors (Lipinski definition) is 1. The number of nitrogens with zero attached hydrogens (tertiary/aromatic N) is 1. The Morgan fingerprint density at radius 3 is 2.38 bits per heavy atom. The highest BCUT2D eigenvalue weighted by atomic mass is 35.9. The summed E-state index contributed by atoms with van der Waals surface area (Å²) in [7, 11) is 0. The molecule has 0 heterocycles. The van der Waals surface area contributed by atoms with Gasteiger partial charge in [0.1, 0.15) is 0 Å². The lowest BCUT2D eigenvalue weighted by molar-refractivity contribution is 0.381. The van der Waals surface area contributed by atoms with Gasteiger partial charge in [0.05, 0.1) is 0 Å². The molecule has 4 heteroatoms. The minimum absolute atomic E-state index is 0.435. The van der Waals surface area contributed by atoms with Crippen molar-refractivity contribution in [2.24, 2.45) is 0 Å². The van der Waals surface area contributed by atoms with Crippen LogP contribution in [0.3, 0.4) is 0 Å². The molecular formula is C9H18Cl2NP. The fourth-order valence-electron chi connectivity index (χ4n) is 1.07. The van der Waals surface area contributed by atoms with E-state index < -0.39 is 6.78 Å². The molecule has 0 rings (SSSR count). The average molecular weight is 242 g/mol. The largest absolute Gasteiger partial charge is 0.255 e. The van der Waals surface area contributed by atoms with Crippen molar-refractivity contribution in [2.45, 2.75) is 39.2 Å². The summed E-state index contributed by atoms with van der Waals surface area (Å²) in [5.74, 6) is 0. The Balaban J connectivity index is 3.63. The van der Waals surface area contributed by atoms with Gasteiger partial charge < -0.3 is 0 Å². The van der Waals surface area contributed by atoms with Crippen LogP contribution >= 0.6 is 29.3 Å². The minimum Gasteiger partial charge on any atom is -0.255 e. The Kier molecular flexibility index (Phi) is 8.49. The molecule has 0 aromatic heterocycles. The van der Waals surface area contributed by atoms with Gasteiger partial charge in [0.2, 0.25) is 0 Å². The van der Waals surface area contributed by atoms with Crippen LogP contribution in [0.1, 0.15) is 33.1 Å². The molecule has 0 N–H and O–H groups in total. The van der Waals surface area contributed by atoms with Crippen molar-refractivity contribution >= 4 is 29.3 Å². The summed E-state index contributed by atoms with van der Waals surface area (Å²) in [6.07, 6.45) is 5.34. The van der Waals surface area contributed by atoms with E-state index in [9.17, 15) is 0 Å². The molecule has 0 unspecified atom stereocenters. The van der Waals surface area contributed by atoms with Crippen molar-refractivity contribution in [2.75, 3.05) is 6.54 Å². The predicted molar refractivity (Wildman–Crippen MR) is 64.5 cm³/mol. The summed E-state index contributed by atoms with van der Waals surface area (Å²) in [5.41, 5.74) is 0. The smallest absolute Gasteiger partial charge is 0.160 e. The number of halogens is 2. The summed E-state index contributed by atoms with van der Waals surface area (Å²) >= 11 is 11.8. The average Bonchev–Trinajstić information content (AvgIpc) is 2.02. The third-order valence-corrected chi connectivity index (χ3v) is 4.05. The maximum absolute atomic E-state index is 5.89. The van der Waals surface area contributed by atoms with Crippen molar-refractivity contribution in [3.8, 4) is 0 Å². The second-order valence-corrected chi connectivity index (χ2v) is 6.64. The number of allylic oxidation sites excluding steroid dienone is 1. The van der Waals surface area contributed by atoms with E-state index in [1.807, 2.05) is 6.08 Å². The van der Waals surface area contributed by atoms with Gasteiger partial charge in [-0.05, 0) is 33.1 Å². The van der Waals surface area contributed by atoms with E-state index >= 15 is 0 Å². The quantitative estimate of drug-likeness (QED) is 0.353. The van der Waals surface area contributed by atoms with Crippen LogP contribution in [0, 0.1) is 0 Å². The highest BCUT2D eigenvalue weighted by Gasteiger charge is 2.15. The maximum Gasteiger partial charge on any atom is 0.160 e. The molecule has 0 spiro atoms. The van der Waals surface area contributed by atoms with Crippen LogP contribution in [0.15, 0.2) is 12.7 Å². The highest BCUT2D eigenvalue weighted by molar-refractivity contribution is 8.02. The molecule has 0 saturated heterocycles. The fraction of sp³-hybridized carbons (Fsp3) is 0.778. The van der Waals surface area contributed by atoms with Gasteiger partial charge in [0, 0.05) is 12.6 Å². The summed E-state index contributed by atoms with van der Waals surface area (Å²) in [6, 6.07) is 0.435. The summed E-state index contributed by atoms with van der Waals surface area (Å²) < 4.78 is 2.14. The first-order chi connectivity index (χ1) is 6.09. The molecule has 0 aromatic rings. The lowest BCUT2D eigenvalue weighted by Gasteiger charge is -2.26. The lowest BCUT2D eigenvalue weighted by Crippen LogP contribution is -2.24. The lowest BCUT2D eigenvalue weighted by atomic mass is 10.2. The van der Waals surface area contributed by atoms with E-state index in [0.717, 1.165) is 19.4 Å². The third kappa shape index (κ3) is 6.74. The zero-order valence-electron chi connectivity index (χ0n) is 8.34. The molecule has 0 aliphatic heterocycles. The van der Waals surface area contributed by atoms with Crippen molar-refractivity contribution in [1.82, 2.24) is 4.67 Å². The van der Waals surface area contributed by atoms with Crippen LogP contribution in [0.2, 0.25) is 0 Å². The van der Waals surface area contributed by atoms with Crippen molar-refractivity contribution in [3.63, 3.8) is 0 Å². The first-order valence-corrected chi connectivity index (χ1v) is 7.69. The monoisotopic (exact) mass is 241 g/mol. The van der Waals surface area contributed by atoms with E-state index in [2.05, 4.69) is 25.1 Å². The molecule has 0 fully saturated rings. The zero-order valence-corrected chi connectivity index (χ0v) is 10.7. The van der Waals surface area contributed by atoms with Crippen LogP contribution in [0.4, 0.5) is 0 Å². The van der Waals surface area contributed by atoms with Crippen LogP contribution in [0.5, 0.6) is 0 Å². The first kappa shape index (κ1) is 13.7. The van der Waals surface area contributed by atoms with Gasteiger partial charge in [0.25, 0.3) is 0 Å². The van der Waals surface area contributed by atoms with Gasteiger partial charge in [-0.25, -0.2) is 0 Å². The molecule has 0 bridgehead atoms. The molecular weight excluding hydrogens is 224 g/mol. The summed E-state index contributed by atoms with van der Waals surface area (Å²) in [4.78, 5) is 0. The topological polar surface area (TPSA) is 3.24 Å². The van der Waals surface area contributed by atoms with Gasteiger partial charge in [-0.15, -0.1) is 6.58 Å². The van der Waals surface area contributed by atoms with Gasteiger partial charge in [0.15, 0.2) is 6.78 Å². The predicted octanol–water partition coefficient (Wildman–Crippen LogP) is 4.76. The van der Waals surface area contributed by atoms with Crippen LogP contribution in [-0.4, -0.2) is 17.3 Å². The normalized spacial score (nSPS) is 11.6. The van der Waals surface area contributed by atoms with E-state index in [1.54, 1.807) is 0 Å². The summed E-state index contributed by atoms with van der Waals surface area (Å²) in [6.45, 7) is 7.94. The molecule has 1 nitrogen and oxygen atoms in total. The van der Waals surface area contributed by atoms with Crippen molar-refractivity contribution < 1.29 is 0 Å². The Morgan fingerprint density at radius 2 is 2.00 bits per heavy atom. The fourth-order valence-corrected chi connectivity index (χ4v) is 3.21. The number of unbranched alkanes of at least 4 members (excludes halogenated alkanes) is 2. The molecule has 0 saturated carbocycles. The number of hydrogen-bond donors (Lipinski definition) is 0. The SMILES string of the molecule is C=CCCCCN(C(C)C)P(Cl)Cl. The van der Waals surface area contributed by atoms with Gasteiger partial charge in [-0.1, -0.05) is 28.6 Å². The molecule has 0 radical (unpaired) electrons. The van der Waals surface area contributed by atoms with Crippen LogP contribution in [-0.2, 0) is 0 Å². The molecule has 13 heavy (non-hydrogen) atoms. The Labute approximate surface area is 92.5 Å². The third-order valence-electron chi connectivity index (χ3n) is 1.84. The minimum atomic E-state index is -0.972. The van der Waals surface area contributed by atoms with Gasteiger partial charge >= 0.3 is 0 Å². The summed E-state index contributed by atoms with van der Waals surface area (Å²) in [5, 5.41) is 0. The van der Waals surface area contributed by atoms with E-state index in [1.165, 1.54) is 6.42 Å². The van der Waals surface area contributed by atoms with E-state index in [-0.39, 0.29) is 0 Å². The molecule has 0 aliphatic carbocycles. The molecule has 78 valence electrons. The first-order valence-electron chi connectivity index (χ1n) is 4.58. The Bertz CT molecular complexity index is 132. The zero-order chi connectivity index (χ0) is 10.3. The van der Waals surface area contributed by atoms with E-state index in [0.29, 0.717) is 6.04 Å². The Hall–Kier alpha value is 0.710. The van der Waals surface area contributed by atoms with Crippen molar-refractivity contribution in [3.05, 3.63) is 12.7 Å². The molecule has 0 atom stereocenters. The van der Waals surface area contributed by atoms with Crippen LogP contribution < -0.4 is 0 Å². The molecule has 0 aliphatic rings.